The van der Waals surface area contributed by atoms with E-state index in [4.69, 9.17) is 32.8 Å². The van der Waals surface area contributed by atoms with Crippen molar-refractivity contribution in [2.45, 2.75) is 0 Å². The van der Waals surface area contributed by atoms with Crippen LogP contribution in [0.5, 0.6) is 34.5 Å². The molecule has 10 nitrogen and oxygen atoms in total. The van der Waals surface area contributed by atoms with Gasteiger partial charge in [-0.1, -0.05) is 12.1 Å². The summed E-state index contributed by atoms with van der Waals surface area (Å²) in [6, 6.07) is 12.8. The predicted octanol–water partition coefficient (Wildman–Crippen LogP) is 4.76. The van der Waals surface area contributed by atoms with E-state index < -0.39 is 5.91 Å². The summed E-state index contributed by atoms with van der Waals surface area (Å²) < 4.78 is 38.3. The van der Waals surface area contributed by atoms with Crippen LogP contribution in [0.1, 0.15) is 10.4 Å². The minimum Gasteiger partial charge on any atom is -0.493 e. The summed E-state index contributed by atoms with van der Waals surface area (Å²) in [4.78, 5) is 26.2. The van der Waals surface area contributed by atoms with Crippen molar-refractivity contribution < 1.29 is 37.6 Å². The van der Waals surface area contributed by atoms with Gasteiger partial charge in [-0.25, -0.2) is 0 Å². The quantitative estimate of drug-likeness (QED) is 0.333. The Hall–Kier alpha value is -4.86. The lowest BCUT2D eigenvalue weighted by molar-refractivity contribution is 0.102. The third-order valence-electron chi connectivity index (χ3n) is 5.85. The molecule has 38 heavy (non-hydrogen) atoms. The Balaban J connectivity index is 1.72. The fourth-order valence-corrected chi connectivity index (χ4v) is 4.10. The molecule has 0 spiro atoms. The Labute approximate surface area is 218 Å². The van der Waals surface area contributed by atoms with Gasteiger partial charge in [-0.05, 0) is 12.1 Å². The summed E-state index contributed by atoms with van der Waals surface area (Å²) in [5.41, 5.74) is 1.21. The largest absolute Gasteiger partial charge is 0.493 e. The molecule has 3 aromatic carbocycles. The maximum Gasteiger partial charge on any atom is 0.255 e. The zero-order valence-corrected chi connectivity index (χ0v) is 21.8. The summed E-state index contributed by atoms with van der Waals surface area (Å²) >= 11 is 0. The van der Waals surface area contributed by atoms with Gasteiger partial charge in [0, 0.05) is 41.1 Å². The lowest BCUT2D eigenvalue weighted by atomic mass is 10.1. The molecule has 1 N–H and O–H groups in total. The van der Waals surface area contributed by atoms with Crippen LogP contribution in [-0.4, -0.2) is 48.6 Å². The molecule has 198 valence electrons. The second kappa shape index (κ2) is 11.0. The van der Waals surface area contributed by atoms with Gasteiger partial charge in [-0.3, -0.25) is 9.59 Å². The van der Waals surface area contributed by atoms with Gasteiger partial charge >= 0.3 is 0 Å². The number of fused-ring (bicyclic) bond motifs is 1. The van der Waals surface area contributed by atoms with Crippen molar-refractivity contribution in [2.24, 2.45) is 0 Å². The third kappa shape index (κ3) is 4.75. The van der Waals surface area contributed by atoms with Crippen molar-refractivity contribution in [2.75, 3.05) is 48.0 Å². The van der Waals surface area contributed by atoms with Crippen LogP contribution in [-0.2, 0) is 0 Å². The van der Waals surface area contributed by atoms with Crippen LogP contribution in [0.3, 0.4) is 0 Å². The van der Waals surface area contributed by atoms with E-state index in [-0.39, 0.29) is 33.7 Å². The van der Waals surface area contributed by atoms with E-state index >= 15 is 0 Å². The highest BCUT2D eigenvalue weighted by Crippen LogP contribution is 2.43. The number of hydrogen-bond donors (Lipinski definition) is 1. The van der Waals surface area contributed by atoms with Crippen molar-refractivity contribution in [3.05, 3.63) is 64.3 Å². The van der Waals surface area contributed by atoms with Gasteiger partial charge in [0.05, 0.1) is 42.7 Å². The Bertz CT molecular complexity index is 1530. The van der Waals surface area contributed by atoms with Gasteiger partial charge in [0.15, 0.2) is 28.4 Å². The van der Waals surface area contributed by atoms with E-state index in [1.807, 2.05) is 0 Å². The molecule has 0 atom stereocenters. The van der Waals surface area contributed by atoms with Crippen LogP contribution in [0.15, 0.2) is 57.7 Å². The lowest BCUT2D eigenvalue weighted by Gasteiger charge is -2.15. The average Bonchev–Trinajstić information content (AvgIpc) is 2.95. The number of carbonyl (C=O) groups excluding carboxylic acids is 1. The monoisotopic (exact) mass is 521 g/mol. The van der Waals surface area contributed by atoms with Gasteiger partial charge in [0.2, 0.25) is 11.5 Å². The average molecular weight is 522 g/mol. The number of amides is 1. The molecule has 1 amide bonds. The zero-order chi connectivity index (χ0) is 27.4. The maximum absolute atomic E-state index is 13.1. The summed E-state index contributed by atoms with van der Waals surface area (Å²) in [6.07, 6.45) is 0. The standard InChI is InChI=1S/C28H27NO9/c1-32-21-11-17(12-22(33-2)25(21)35-4)29-28(31)16-9-7-8-15(10-16)19-13-18(30)24-20(38-19)14-23(34-3)26(36-5)27(24)37-6/h7-14H,1-6H3,(H,29,31). The number of benzene rings is 3. The second-order valence-corrected chi connectivity index (χ2v) is 7.94. The molecule has 0 radical (unpaired) electrons. The Morgan fingerprint density at radius 2 is 1.32 bits per heavy atom. The van der Waals surface area contributed by atoms with E-state index in [1.54, 1.807) is 42.5 Å². The predicted molar refractivity (Wildman–Crippen MR) is 142 cm³/mol. The highest BCUT2D eigenvalue weighted by atomic mass is 16.5. The number of methoxy groups -OCH3 is 6. The molecule has 0 aliphatic heterocycles. The number of rotatable bonds is 9. The number of carbonyl (C=O) groups is 1. The third-order valence-corrected chi connectivity index (χ3v) is 5.85. The van der Waals surface area contributed by atoms with Gasteiger partial charge in [0.1, 0.15) is 16.7 Å². The number of anilines is 1. The first-order valence-corrected chi connectivity index (χ1v) is 11.4. The van der Waals surface area contributed by atoms with Crippen LogP contribution in [0.4, 0.5) is 5.69 Å². The fourth-order valence-electron chi connectivity index (χ4n) is 4.10. The normalized spacial score (nSPS) is 10.6. The SMILES string of the molecule is COc1cc(NC(=O)c2cccc(-c3cc(=O)c4c(OC)c(OC)c(OC)cc4o3)c2)cc(OC)c1OC. The van der Waals surface area contributed by atoms with Crippen LogP contribution in [0.2, 0.25) is 0 Å². The van der Waals surface area contributed by atoms with Crippen molar-refractivity contribution in [3.63, 3.8) is 0 Å². The molecule has 0 unspecified atom stereocenters. The van der Waals surface area contributed by atoms with E-state index in [2.05, 4.69) is 5.32 Å². The molecule has 10 heteroatoms. The number of ether oxygens (including phenoxy) is 6. The molecule has 4 aromatic rings. The molecule has 1 aromatic heterocycles. The molecule has 0 saturated heterocycles. The minimum atomic E-state index is -0.391. The Morgan fingerprint density at radius 1 is 0.711 bits per heavy atom. The summed E-state index contributed by atoms with van der Waals surface area (Å²) in [5.74, 6) is 1.92. The molecular weight excluding hydrogens is 494 g/mol. The molecule has 0 saturated carbocycles. The van der Waals surface area contributed by atoms with Crippen molar-refractivity contribution in [3.8, 4) is 45.8 Å². The second-order valence-electron chi connectivity index (χ2n) is 7.94. The van der Waals surface area contributed by atoms with E-state index in [1.165, 1.54) is 48.7 Å². The molecule has 0 fully saturated rings. The smallest absolute Gasteiger partial charge is 0.255 e. The first-order chi connectivity index (χ1) is 18.4. The van der Waals surface area contributed by atoms with Crippen molar-refractivity contribution >= 4 is 22.6 Å². The molecule has 0 bridgehead atoms. The van der Waals surface area contributed by atoms with Crippen LogP contribution < -0.4 is 39.2 Å². The van der Waals surface area contributed by atoms with Gasteiger partial charge in [-0.2, -0.15) is 0 Å². The van der Waals surface area contributed by atoms with Gasteiger partial charge in [-0.15, -0.1) is 0 Å². The van der Waals surface area contributed by atoms with Crippen LogP contribution in [0.25, 0.3) is 22.3 Å². The van der Waals surface area contributed by atoms with Gasteiger partial charge in [0.25, 0.3) is 5.91 Å². The Morgan fingerprint density at radius 3 is 1.89 bits per heavy atom. The molecule has 1 heterocycles. The van der Waals surface area contributed by atoms with E-state index in [9.17, 15) is 9.59 Å². The zero-order valence-electron chi connectivity index (χ0n) is 21.8. The van der Waals surface area contributed by atoms with Gasteiger partial charge < -0.3 is 38.2 Å². The summed E-state index contributed by atoms with van der Waals surface area (Å²) in [5, 5.41) is 3.04. The fraction of sp³-hybridized carbons (Fsp3) is 0.214. The maximum atomic E-state index is 13.1. The highest BCUT2D eigenvalue weighted by Gasteiger charge is 2.21. The summed E-state index contributed by atoms with van der Waals surface area (Å²) in [6.45, 7) is 0. The molecule has 0 aliphatic rings. The summed E-state index contributed by atoms with van der Waals surface area (Å²) in [7, 11) is 8.84. The number of nitrogens with one attached hydrogen (secondary N) is 1. The van der Waals surface area contributed by atoms with E-state index in [0.717, 1.165) is 0 Å². The molecule has 0 aliphatic carbocycles. The lowest BCUT2D eigenvalue weighted by Crippen LogP contribution is -2.12. The van der Waals surface area contributed by atoms with Crippen LogP contribution in [0, 0.1) is 0 Å². The molecular formula is C28H27NO9. The highest BCUT2D eigenvalue weighted by molar-refractivity contribution is 6.05. The molecule has 4 rings (SSSR count). The van der Waals surface area contributed by atoms with E-state index in [0.29, 0.717) is 39.8 Å². The van der Waals surface area contributed by atoms with Crippen LogP contribution >= 0.6 is 0 Å². The number of hydrogen-bond acceptors (Lipinski definition) is 9. The first kappa shape index (κ1) is 26.2. The Kier molecular flexibility index (Phi) is 7.61. The minimum absolute atomic E-state index is 0.209. The van der Waals surface area contributed by atoms with Crippen molar-refractivity contribution in [1.82, 2.24) is 0 Å². The topological polar surface area (TPSA) is 115 Å². The first-order valence-electron chi connectivity index (χ1n) is 11.4. The van der Waals surface area contributed by atoms with Crippen molar-refractivity contribution in [1.29, 1.82) is 0 Å².